The molecule has 1 aromatic carbocycles. The molecule has 1 aliphatic heterocycles. The molecule has 0 atom stereocenters. The minimum absolute atomic E-state index is 0.0344. The van der Waals surface area contributed by atoms with E-state index in [0.29, 0.717) is 5.56 Å². The van der Waals surface area contributed by atoms with Crippen molar-refractivity contribution in [2.75, 3.05) is 14.2 Å². The third kappa shape index (κ3) is 4.58. The van der Waals surface area contributed by atoms with Crippen LogP contribution in [-0.4, -0.2) is 31.1 Å². The summed E-state index contributed by atoms with van der Waals surface area (Å²) in [5.41, 5.74) is -0.0222. The summed E-state index contributed by atoms with van der Waals surface area (Å²) < 4.78 is 9.53. The van der Waals surface area contributed by atoms with Crippen LogP contribution in [0.1, 0.15) is 5.56 Å². The molecule has 10 heteroatoms. The summed E-state index contributed by atoms with van der Waals surface area (Å²) in [7, 11) is 2.31. The number of hydrogen-bond donors (Lipinski definition) is 0. The first-order valence-corrected chi connectivity index (χ1v) is 8.88. The second-order valence-corrected chi connectivity index (χ2v) is 7.11. The second-order valence-electron chi connectivity index (χ2n) is 4.81. The van der Waals surface area contributed by atoms with Crippen molar-refractivity contribution in [2.24, 2.45) is 0 Å². The van der Waals surface area contributed by atoms with Crippen molar-refractivity contribution in [3.63, 3.8) is 0 Å². The van der Waals surface area contributed by atoms with Crippen molar-refractivity contribution in [1.29, 1.82) is 5.26 Å². The fourth-order valence-electron chi connectivity index (χ4n) is 1.99. The van der Waals surface area contributed by atoms with Gasteiger partial charge in [-0.3, -0.25) is 10.1 Å². The van der Waals surface area contributed by atoms with Gasteiger partial charge in [0, 0.05) is 6.08 Å². The lowest BCUT2D eigenvalue weighted by atomic mass is 10.1. The normalized spacial score (nSPS) is 13.8. The lowest BCUT2D eigenvalue weighted by Crippen LogP contribution is -2.08. The van der Waals surface area contributed by atoms with E-state index in [2.05, 4.69) is 9.47 Å². The number of benzene rings is 1. The zero-order chi connectivity index (χ0) is 20.0. The highest BCUT2D eigenvalue weighted by Gasteiger charge is 2.34. The number of rotatable bonds is 5. The van der Waals surface area contributed by atoms with Crippen molar-refractivity contribution < 1.29 is 24.0 Å². The lowest BCUT2D eigenvalue weighted by Gasteiger charge is -2.01. The van der Waals surface area contributed by atoms with Crippen LogP contribution in [0.15, 0.2) is 56.0 Å². The molecule has 0 aromatic heterocycles. The van der Waals surface area contributed by atoms with Gasteiger partial charge in [-0.1, -0.05) is 41.7 Å². The molecule has 0 radical (unpaired) electrons. The van der Waals surface area contributed by atoms with E-state index in [0.717, 1.165) is 43.8 Å². The van der Waals surface area contributed by atoms with Crippen LogP contribution in [-0.2, 0) is 19.1 Å². The van der Waals surface area contributed by atoms with Crippen LogP contribution in [0.3, 0.4) is 0 Å². The Labute approximate surface area is 162 Å². The first kappa shape index (κ1) is 20.3. The molecule has 1 aliphatic rings. The third-order valence-corrected chi connectivity index (χ3v) is 5.81. The largest absolute Gasteiger partial charge is 0.465 e. The fraction of sp³-hybridized carbons (Fsp3) is 0.118. The van der Waals surface area contributed by atoms with Gasteiger partial charge in [-0.2, -0.15) is 5.26 Å². The number of nitriles is 1. The number of nitro groups is 1. The molecule has 1 heterocycles. The molecule has 0 spiro atoms. The Morgan fingerprint density at radius 1 is 1.11 bits per heavy atom. The van der Waals surface area contributed by atoms with Crippen molar-refractivity contribution in [1.82, 2.24) is 0 Å². The van der Waals surface area contributed by atoms with E-state index in [4.69, 9.17) is 0 Å². The Morgan fingerprint density at radius 3 is 2.04 bits per heavy atom. The summed E-state index contributed by atoms with van der Waals surface area (Å²) in [6.07, 6.45) is 1.11. The lowest BCUT2D eigenvalue weighted by molar-refractivity contribution is -0.375. The van der Waals surface area contributed by atoms with Crippen LogP contribution in [0, 0.1) is 21.4 Å². The maximum Gasteiger partial charge on any atom is 0.346 e. The zero-order valence-corrected chi connectivity index (χ0v) is 15.8. The quantitative estimate of drug-likeness (QED) is 0.315. The topological polar surface area (TPSA) is 120 Å². The summed E-state index contributed by atoms with van der Waals surface area (Å²) in [4.78, 5) is 34.6. The van der Waals surface area contributed by atoms with Crippen LogP contribution < -0.4 is 0 Å². The van der Waals surface area contributed by atoms with E-state index in [-0.39, 0.29) is 25.3 Å². The molecule has 2 rings (SSSR count). The zero-order valence-electron chi connectivity index (χ0n) is 14.1. The summed E-state index contributed by atoms with van der Waals surface area (Å²) in [6, 6.07) is 9.95. The molecule has 0 bridgehead atoms. The minimum Gasteiger partial charge on any atom is -0.465 e. The average Bonchev–Trinajstić information content (AvgIpc) is 3.13. The highest BCUT2D eigenvalue weighted by molar-refractivity contribution is 8.29. The predicted molar refractivity (Wildman–Crippen MR) is 100 cm³/mol. The summed E-state index contributed by atoms with van der Waals surface area (Å²) >= 11 is 1.67. The van der Waals surface area contributed by atoms with Crippen molar-refractivity contribution in [2.45, 2.75) is 0 Å². The highest BCUT2D eigenvalue weighted by atomic mass is 32.2. The van der Waals surface area contributed by atoms with Crippen molar-refractivity contribution in [3.8, 4) is 6.07 Å². The number of thioether (sulfide) groups is 2. The minimum atomic E-state index is -0.762. The van der Waals surface area contributed by atoms with Gasteiger partial charge in [0.2, 0.25) is 0 Å². The number of carbonyl (C=O) groups excluding carboxylic acids is 2. The SMILES string of the molecule is COC(=O)C1=C(C(=O)OC)SC(=C(C#N)/C=C(/c2ccccc2)[N+](=O)[O-])S1. The Hall–Kier alpha value is -3.03. The molecule has 8 nitrogen and oxygen atoms in total. The number of esters is 2. The Morgan fingerprint density at radius 2 is 1.63 bits per heavy atom. The summed E-state index contributed by atoms with van der Waals surface area (Å²) in [5, 5.41) is 20.9. The van der Waals surface area contributed by atoms with Crippen molar-refractivity contribution >= 4 is 41.2 Å². The molecule has 0 aliphatic carbocycles. The van der Waals surface area contributed by atoms with Gasteiger partial charge in [0.1, 0.15) is 15.9 Å². The van der Waals surface area contributed by atoms with Crippen molar-refractivity contribution in [3.05, 3.63) is 71.7 Å². The summed E-state index contributed by atoms with van der Waals surface area (Å²) in [6.45, 7) is 0. The highest BCUT2D eigenvalue weighted by Crippen LogP contribution is 2.51. The van der Waals surface area contributed by atoms with Crippen LogP contribution in [0.2, 0.25) is 0 Å². The van der Waals surface area contributed by atoms with Crippen LogP contribution in [0.5, 0.6) is 0 Å². The maximum absolute atomic E-state index is 11.9. The van der Waals surface area contributed by atoms with Gasteiger partial charge in [0.05, 0.1) is 34.5 Å². The molecule has 0 N–H and O–H groups in total. The molecular formula is C17H12N2O6S2. The average molecular weight is 404 g/mol. The van der Waals surface area contributed by atoms with E-state index in [1.165, 1.54) is 0 Å². The Kier molecular flexibility index (Phi) is 6.81. The molecule has 138 valence electrons. The second kappa shape index (κ2) is 9.07. The molecular weight excluding hydrogens is 392 g/mol. The fourth-order valence-corrected chi connectivity index (χ4v) is 4.39. The van der Waals surface area contributed by atoms with E-state index >= 15 is 0 Å². The molecule has 0 amide bonds. The smallest absolute Gasteiger partial charge is 0.346 e. The summed E-state index contributed by atoms with van der Waals surface area (Å²) in [5.74, 6) is -1.52. The molecule has 0 fully saturated rings. The number of nitrogens with zero attached hydrogens (tertiary/aromatic N) is 2. The van der Waals surface area contributed by atoms with Gasteiger partial charge < -0.3 is 9.47 Å². The monoisotopic (exact) mass is 404 g/mol. The predicted octanol–water partition coefficient (Wildman–Crippen LogP) is 3.08. The van der Waals surface area contributed by atoms with Gasteiger partial charge >= 0.3 is 11.9 Å². The van der Waals surface area contributed by atoms with Crippen LogP contribution in [0.25, 0.3) is 5.70 Å². The molecule has 0 saturated heterocycles. The van der Waals surface area contributed by atoms with Gasteiger partial charge in [-0.15, -0.1) is 0 Å². The Balaban J connectivity index is 2.52. The first-order chi connectivity index (χ1) is 12.9. The number of carbonyl (C=O) groups is 2. The molecule has 27 heavy (non-hydrogen) atoms. The number of ether oxygens (including phenoxy) is 2. The number of hydrogen-bond acceptors (Lipinski definition) is 9. The maximum atomic E-state index is 11.9. The molecule has 1 aromatic rings. The third-order valence-electron chi connectivity index (χ3n) is 3.23. The van der Waals surface area contributed by atoms with Crippen LogP contribution >= 0.6 is 23.5 Å². The van der Waals surface area contributed by atoms with Gasteiger partial charge in [0.25, 0.3) is 5.70 Å². The molecule has 0 saturated carbocycles. The van der Waals surface area contributed by atoms with Gasteiger partial charge in [0.15, 0.2) is 0 Å². The van der Waals surface area contributed by atoms with E-state index in [9.17, 15) is 25.0 Å². The Bertz CT molecular complexity index is 898. The van der Waals surface area contributed by atoms with Gasteiger partial charge in [-0.05, 0) is 12.1 Å². The van der Waals surface area contributed by atoms with E-state index in [1.54, 1.807) is 30.3 Å². The van der Waals surface area contributed by atoms with E-state index < -0.39 is 16.9 Å². The molecule has 0 unspecified atom stereocenters. The first-order valence-electron chi connectivity index (χ1n) is 7.25. The number of methoxy groups -OCH3 is 2. The van der Waals surface area contributed by atoms with E-state index in [1.807, 2.05) is 6.07 Å². The van der Waals surface area contributed by atoms with Crippen LogP contribution in [0.4, 0.5) is 0 Å². The number of allylic oxidation sites excluding steroid dienone is 2. The van der Waals surface area contributed by atoms with Gasteiger partial charge in [-0.25, -0.2) is 9.59 Å². The standard InChI is InChI=1S/C17H12N2O6S2/c1-24-15(20)13-14(16(21)25-2)27-17(26-13)11(9-18)8-12(19(22)23)10-6-4-3-5-7-10/h3-8H,1-2H3/b12-8-.